The van der Waals surface area contributed by atoms with E-state index in [2.05, 4.69) is 15.3 Å². The van der Waals surface area contributed by atoms with Gasteiger partial charge in [-0.05, 0) is 29.8 Å². The summed E-state index contributed by atoms with van der Waals surface area (Å²) in [5, 5.41) is 3.29. The Morgan fingerprint density at radius 2 is 2.09 bits per heavy atom. The van der Waals surface area contributed by atoms with Crippen LogP contribution in [0.3, 0.4) is 0 Å². The minimum atomic E-state index is -0.219. The number of nitrogens with zero attached hydrogens (tertiary/aromatic N) is 3. The smallest absolute Gasteiger partial charge is 0.193 e. The molecule has 6 heteroatoms. The first-order valence-electron chi connectivity index (χ1n) is 7.25. The van der Waals surface area contributed by atoms with E-state index in [1.54, 1.807) is 19.3 Å². The molecular formula is C17H22FIN4. The van der Waals surface area contributed by atoms with Crippen LogP contribution in [0.1, 0.15) is 11.3 Å². The van der Waals surface area contributed by atoms with E-state index < -0.39 is 0 Å². The number of hydrogen-bond acceptors (Lipinski definition) is 2. The van der Waals surface area contributed by atoms with Gasteiger partial charge in [-0.25, -0.2) is 4.39 Å². The number of hydrogen-bond donors (Lipinski definition) is 1. The highest BCUT2D eigenvalue weighted by atomic mass is 127. The summed E-state index contributed by atoms with van der Waals surface area (Å²) >= 11 is 0. The Bertz CT molecular complexity index is 619. The van der Waals surface area contributed by atoms with Crippen molar-refractivity contribution in [3.63, 3.8) is 0 Å². The number of pyridine rings is 1. The van der Waals surface area contributed by atoms with Crippen LogP contribution in [0.2, 0.25) is 0 Å². The normalized spacial score (nSPS) is 10.8. The molecule has 0 spiro atoms. The maximum atomic E-state index is 13.2. The highest BCUT2D eigenvalue weighted by Crippen LogP contribution is 2.06. The quantitative estimate of drug-likeness (QED) is 0.452. The van der Waals surface area contributed by atoms with Crippen LogP contribution in [0.5, 0.6) is 0 Å². The molecule has 0 amide bonds. The number of benzene rings is 1. The van der Waals surface area contributed by atoms with Crippen molar-refractivity contribution in [2.24, 2.45) is 4.99 Å². The fourth-order valence-corrected chi connectivity index (χ4v) is 2.22. The molecule has 0 saturated heterocycles. The van der Waals surface area contributed by atoms with Gasteiger partial charge in [0.05, 0.1) is 0 Å². The summed E-state index contributed by atoms with van der Waals surface area (Å²) in [5.74, 6) is 0.559. The third-order valence-electron chi connectivity index (χ3n) is 3.27. The lowest BCUT2D eigenvalue weighted by Gasteiger charge is -2.22. The summed E-state index contributed by atoms with van der Waals surface area (Å²) in [6, 6.07) is 12.5. The first-order valence-corrected chi connectivity index (χ1v) is 7.25. The highest BCUT2D eigenvalue weighted by molar-refractivity contribution is 14.0. The first kappa shape index (κ1) is 19.3. The predicted molar refractivity (Wildman–Crippen MR) is 103 cm³/mol. The minimum Gasteiger partial charge on any atom is -0.356 e. The average molecular weight is 428 g/mol. The summed E-state index contributed by atoms with van der Waals surface area (Å²) in [7, 11) is 3.67. The van der Waals surface area contributed by atoms with Crippen molar-refractivity contribution >= 4 is 29.9 Å². The Kier molecular flexibility index (Phi) is 8.53. The Morgan fingerprint density at radius 1 is 1.26 bits per heavy atom. The lowest BCUT2D eigenvalue weighted by atomic mass is 10.2. The maximum absolute atomic E-state index is 13.2. The van der Waals surface area contributed by atoms with Gasteiger partial charge in [0.25, 0.3) is 0 Å². The summed E-state index contributed by atoms with van der Waals surface area (Å²) in [4.78, 5) is 10.5. The Balaban J connectivity index is 0.00000264. The van der Waals surface area contributed by atoms with Crippen LogP contribution >= 0.6 is 24.0 Å². The van der Waals surface area contributed by atoms with Gasteiger partial charge < -0.3 is 10.2 Å². The summed E-state index contributed by atoms with van der Waals surface area (Å²) < 4.78 is 13.2. The zero-order valence-electron chi connectivity index (χ0n) is 13.4. The van der Waals surface area contributed by atoms with Crippen LogP contribution in [0, 0.1) is 5.82 Å². The van der Waals surface area contributed by atoms with Gasteiger partial charge in [0.1, 0.15) is 5.82 Å². The standard InChI is InChI=1S/C17H21FN4.HI/c1-19-17(21-11-9-16-8-3-4-10-20-16)22(2)13-14-6-5-7-15(18)12-14;/h3-8,10,12H,9,11,13H2,1-2H3,(H,19,21);1H. The van der Waals surface area contributed by atoms with Gasteiger partial charge in [-0.2, -0.15) is 0 Å². The molecule has 1 N–H and O–H groups in total. The van der Waals surface area contributed by atoms with Crippen molar-refractivity contribution < 1.29 is 4.39 Å². The number of aliphatic imine (C=N–C) groups is 1. The van der Waals surface area contributed by atoms with Crippen LogP contribution in [-0.4, -0.2) is 36.5 Å². The molecule has 0 radical (unpaired) electrons. The van der Waals surface area contributed by atoms with Crippen molar-refractivity contribution in [3.8, 4) is 0 Å². The number of aromatic nitrogens is 1. The van der Waals surface area contributed by atoms with Gasteiger partial charge >= 0.3 is 0 Å². The van der Waals surface area contributed by atoms with Gasteiger partial charge in [-0.15, -0.1) is 24.0 Å². The van der Waals surface area contributed by atoms with Crippen LogP contribution in [0.15, 0.2) is 53.7 Å². The van der Waals surface area contributed by atoms with E-state index >= 15 is 0 Å². The molecule has 4 nitrogen and oxygen atoms in total. The average Bonchev–Trinajstić information content (AvgIpc) is 2.52. The molecule has 0 aliphatic rings. The van der Waals surface area contributed by atoms with Crippen molar-refractivity contribution in [1.29, 1.82) is 0 Å². The van der Waals surface area contributed by atoms with E-state index in [0.29, 0.717) is 6.54 Å². The van der Waals surface area contributed by atoms with Crippen LogP contribution in [-0.2, 0) is 13.0 Å². The summed E-state index contributed by atoms with van der Waals surface area (Å²) in [6.07, 6.45) is 2.62. The van der Waals surface area contributed by atoms with Crippen LogP contribution in [0.25, 0.3) is 0 Å². The van der Waals surface area contributed by atoms with Crippen molar-refractivity contribution in [2.75, 3.05) is 20.6 Å². The van der Waals surface area contributed by atoms with E-state index in [1.165, 1.54) is 12.1 Å². The number of rotatable bonds is 5. The second-order valence-corrected chi connectivity index (χ2v) is 5.03. The molecule has 2 aromatic rings. The molecule has 2 rings (SSSR count). The van der Waals surface area contributed by atoms with E-state index in [1.807, 2.05) is 36.2 Å². The van der Waals surface area contributed by atoms with Gasteiger partial charge in [0.15, 0.2) is 5.96 Å². The van der Waals surface area contributed by atoms with E-state index in [0.717, 1.165) is 30.2 Å². The molecule has 1 heterocycles. The van der Waals surface area contributed by atoms with Gasteiger partial charge in [-0.3, -0.25) is 9.98 Å². The summed E-state index contributed by atoms with van der Waals surface area (Å²) in [6.45, 7) is 1.35. The number of nitrogens with one attached hydrogen (secondary N) is 1. The molecule has 0 unspecified atom stereocenters. The van der Waals surface area contributed by atoms with Crippen molar-refractivity contribution in [2.45, 2.75) is 13.0 Å². The maximum Gasteiger partial charge on any atom is 0.193 e. The molecule has 1 aromatic heterocycles. The van der Waals surface area contributed by atoms with Crippen LogP contribution < -0.4 is 5.32 Å². The van der Waals surface area contributed by atoms with E-state index in [4.69, 9.17) is 0 Å². The second-order valence-electron chi connectivity index (χ2n) is 5.03. The molecule has 1 aromatic carbocycles. The molecule has 124 valence electrons. The predicted octanol–water partition coefficient (Wildman–Crippen LogP) is 3.09. The lowest BCUT2D eigenvalue weighted by molar-refractivity contribution is 0.475. The molecular weight excluding hydrogens is 406 g/mol. The first-order chi connectivity index (χ1) is 10.7. The Hall–Kier alpha value is -1.70. The SMILES string of the molecule is CN=C(NCCc1ccccn1)N(C)Cc1cccc(F)c1.I. The fraction of sp³-hybridized carbons (Fsp3) is 0.294. The third-order valence-corrected chi connectivity index (χ3v) is 3.27. The Morgan fingerprint density at radius 3 is 2.74 bits per heavy atom. The summed E-state index contributed by atoms with van der Waals surface area (Å²) in [5.41, 5.74) is 1.95. The largest absolute Gasteiger partial charge is 0.356 e. The third kappa shape index (κ3) is 6.52. The zero-order chi connectivity index (χ0) is 15.8. The van der Waals surface area contributed by atoms with Gasteiger partial charge in [0.2, 0.25) is 0 Å². The molecule has 0 aliphatic heterocycles. The lowest BCUT2D eigenvalue weighted by Crippen LogP contribution is -2.39. The molecule has 0 fully saturated rings. The number of halogens is 2. The molecule has 0 bridgehead atoms. The zero-order valence-corrected chi connectivity index (χ0v) is 15.7. The van der Waals surface area contributed by atoms with Crippen molar-refractivity contribution in [3.05, 3.63) is 65.7 Å². The van der Waals surface area contributed by atoms with E-state index in [9.17, 15) is 4.39 Å². The van der Waals surface area contributed by atoms with Crippen LogP contribution in [0.4, 0.5) is 4.39 Å². The highest BCUT2D eigenvalue weighted by Gasteiger charge is 2.07. The Labute approximate surface area is 153 Å². The van der Waals surface area contributed by atoms with E-state index in [-0.39, 0.29) is 29.8 Å². The molecule has 23 heavy (non-hydrogen) atoms. The monoisotopic (exact) mass is 428 g/mol. The topological polar surface area (TPSA) is 40.5 Å². The fourth-order valence-electron chi connectivity index (χ4n) is 2.22. The van der Waals surface area contributed by atoms with Gasteiger partial charge in [-0.1, -0.05) is 18.2 Å². The number of guanidine groups is 1. The van der Waals surface area contributed by atoms with Gasteiger partial charge in [0, 0.05) is 45.5 Å². The molecule has 0 saturated carbocycles. The molecule has 0 aliphatic carbocycles. The second kappa shape index (κ2) is 10.1. The molecule has 0 atom stereocenters. The minimum absolute atomic E-state index is 0. The van der Waals surface area contributed by atoms with Crippen molar-refractivity contribution in [1.82, 2.24) is 15.2 Å².